The summed E-state index contributed by atoms with van der Waals surface area (Å²) in [5.41, 5.74) is 11.1. The van der Waals surface area contributed by atoms with Crippen molar-refractivity contribution in [2.24, 2.45) is 11.1 Å². The quantitative estimate of drug-likeness (QED) is 0.708. The molecule has 1 aliphatic carbocycles. The van der Waals surface area contributed by atoms with Crippen molar-refractivity contribution in [3.05, 3.63) is 59.3 Å². The van der Waals surface area contributed by atoms with E-state index in [2.05, 4.69) is 59.4 Å². The molecule has 0 aromatic carbocycles. The van der Waals surface area contributed by atoms with E-state index < -0.39 is 0 Å². The Morgan fingerprint density at radius 1 is 1.45 bits per heavy atom. The predicted octanol–water partition coefficient (Wildman–Crippen LogP) is 5.09. The summed E-state index contributed by atoms with van der Waals surface area (Å²) in [6.45, 7) is 15.3. The van der Waals surface area contributed by atoms with Crippen LogP contribution in [0.3, 0.4) is 0 Å². The molecular formula is C19H29N. The molecule has 2 N–H and O–H groups in total. The first-order valence-corrected chi connectivity index (χ1v) is 7.47. The van der Waals surface area contributed by atoms with E-state index in [0.717, 1.165) is 18.4 Å². The van der Waals surface area contributed by atoms with E-state index in [1.165, 1.54) is 16.7 Å². The summed E-state index contributed by atoms with van der Waals surface area (Å²) < 4.78 is 0. The first-order chi connectivity index (χ1) is 9.25. The van der Waals surface area contributed by atoms with E-state index in [1.54, 1.807) is 0 Å². The maximum Gasteiger partial charge on any atom is 0.0267 e. The number of rotatable bonds is 4. The van der Waals surface area contributed by atoms with Crippen molar-refractivity contribution in [3.8, 4) is 0 Å². The number of allylic oxidation sites excluding steroid dienone is 7. The second-order valence-electron chi connectivity index (χ2n) is 6.57. The maximum atomic E-state index is 5.98. The summed E-state index contributed by atoms with van der Waals surface area (Å²) >= 11 is 0. The molecule has 0 amide bonds. The molecule has 0 fully saturated rings. The average molecular weight is 271 g/mol. The second-order valence-corrected chi connectivity index (χ2v) is 6.57. The molecule has 0 heterocycles. The molecule has 20 heavy (non-hydrogen) atoms. The van der Waals surface area contributed by atoms with Gasteiger partial charge in [-0.15, -0.1) is 0 Å². The fourth-order valence-corrected chi connectivity index (χ4v) is 2.30. The number of hydrogen-bond acceptors (Lipinski definition) is 1. The van der Waals surface area contributed by atoms with E-state index in [4.69, 9.17) is 5.73 Å². The molecule has 1 unspecified atom stereocenters. The lowest BCUT2D eigenvalue weighted by Crippen LogP contribution is -2.19. The van der Waals surface area contributed by atoms with Crippen LogP contribution in [0.1, 0.15) is 47.5 Å². The maximum absolute atomic E-state index is 5.98. The highest BCUT2D eigenvalue weighted by Gasteiger charge is 2.16. The van der Waals surface area contributed by atoms with Gasteiger partial charge in [0.2, 0.25) is 0 Å². The Hall–Kier alpha value is -1.34. The van der Waals surface area contributed by atoms with Gasteiger partial charge in [-0.3, -0.25) is 0 Å². The zero-order chi connectivity index (χ0) is 15.3. The van der Waals surface area contributed by atoms with Crippen molar-refractivity contribution in [3.63, 3.8) is 0 Å². The van der Waals surface area contributed by atoms with Crippen LogP contribution in [-0.4, -0.2) is 6.04 Å². The molecule has 1 aliphatic rings. The molecule has 0 radical (unpaired) electrons. The summed E-state index contributed by atoms with van der Waals surface area (Å²) in [6.07, 6.45) is 12.7. The van der Waals surface area contributed by atoms with E-state index in [9.17, 15) is 0 Å². The number of nitrogens with two attached hydrogens (primary N) is 1. The molecule has 1 atom stereocenters. The molecule has 0 saturated heterocycles. The molecule has 1 heteroatoms. The molecule has 0 aromatic heterocycles. The van der Waals surface area contributed by atoms with Gasteiger partial charge in [0, 0.05) is 6.04 Å². The Balaban J connectivity index is 2.98. The van der Waals surface area contributed by atoms with Gasteiger partial charge in [0.15, 0.2) is 0 Å². The van der Waals surface area contributed by atoms with Crippen LogP contribution in [0.25, 0.3) is 0 Å². The smallest absolute Gasteiger partial charge is 0.0267 e. The van der Waals surface area contributed by atoms with Gasteiger partial charge in [0.05, 0.1) is 0 Å². The van der Waals surface area contributed by atoms with Crippen molar-refractivity contribution in [1.29, 1.82) is 0 Å². The highest BCUT2D eigenvalue weighted by molar-refractivity contribution is 5.49. The van der Waals surface area contributed by atoms with Gasteiger partial charge in [-0.25, -0.2) is 0 Å². The minimum absolute atomic E-state index is 0.118. The Labute approximate surface area is 124 Å². The minimum Gasteiger partial charge on any atom is -0.324 e. The van der Waals surface area contributed by atoms with Crippen LogP contribution in [0.2, 0.25) is 0 Å². The summed E-state index contributed by atoms with van der Waals surface area (Å²) in [6, 6.07) is 0.118. The van der Waals surface area contributed by atoms with Crippen molar-refractivity contribution in [2.75, 3.05) is 0 Å². The zero-order valence-electron chi connectivity index (χ0n) is 13.7. The summed E-state index contributed by atoms with van der Waals surface area (Å²) in [5, 5.41) is 0. The van der Waals surface area contributed by atoms with Crippen molar-refractivity contribution in [1.82, 2.24) is 0 Å². The molecule has 0 bridgehead atoms. The van der Waals surface area contributed by atoms with Crippen LogP contribution in [0.4, 0.5) is 0 Å². The van der Waals surface area contributed by atoms with Crippen LogP contribution in [0.5, 0.6) is 0 Å². The van der Waals surface area contributed by atoms with Crippen molar-refractivity contribution in [2.45, 2.75) is 53.5 Å². The monoisotopic (exact) mass is 271 g/mol. The van der Waals surface area contributed by atoms with E-state index in [0.29, 0.717) is 0 Å². The molecule has 1 rings (SSSR count). The first-order valence-electron chi connectivity index (χ1n) is 7.47. The molecule has 1 nitrogen and oxygen atoms in total. The van der Waals surface area contributed by atoms with E-state index in [1.807, 2.05) is 12.2 Å². The van der Waals surface area contributed by atoms with Crippen LogP contribution in [-0.2, 0) is 0 Å². The van der Waals surface area contributed by atoms with Gasteiger partial charge in [-0.2, -0.15) is 0 Å². The molecule has 0 spiro atoms. The first kappa shape index (κ1) is 16.7. The normalized spacial score (nSPS) is 20.9. The lowest BCUT2D eigenvalue weighted by Gasteiger charge is -2.23. The Kier molecular flexibility index (Phi) is 5.76. The lowest BCUT2D eigenvalue weighted by molar-refractivity contribution is 0.514. The fraction of sp³-hybridized carbons (Fsp3) is 0.474. The molecular weight excluding hydrogens is 242 g/mol. The summed E-state index contributed by atoms with van der Waals surface area (Å²) in [4.78, 5) is 0. The molecule has 0 aromatic rings. The average Bonchev–Trinajstić information content (AvgIpc) is 2.36. The second kappa shape index (κ2) is 6.90. The summed E-state index contributed by atoms with van der Waals surface area (Å²) in [7, 11) is 0. The van der Waals surface area contributed by atoms with E-state index >= 15 is 0 Å². The lowest BCUT2D eigenvalue weighted by atomic mass is 9.83. The topological polar surface area (TPSA) is 26.0 Å². The Morgan fingerprint density at radius 3 is 2.60 bits per heavy atom. The van der Waals surface area contributed by atoms with Crippen LogP contribution >= 0.6 is 0 Å². The standard InChI is InChI=1S/C19H29N/c1-7-9-17(19(4,5)6)12-14(2)15(3)16-10-8-11-18(20)13-16/h8-12,18H,3,7,13,20H2,1-2,4-6H3/b14-12-,17-9+. The summed E-state index contributed by atoms with van der Waals surface area (Å²) in [5.74, 6) is 0. The zero-order valence-corrected chi connectivity index (χ0v) is 13.7. The number of hydrogen-bond donors (Lipinski definition) is 1. The Bertz CT molecular complexity index is 478. The van der Waals surface area contributed by atoms with Gasteiger partial charge in [0.1, 0.15) is 0 Å². The minimum atomic E-state index is 0.118. The van der Waals surface area contributed by atoms with Gasteiger partial charge in [-0.05, 0) is 47.5 Å². The third-order valence-electron chi connectivity index (χ3n) is 3.64. The van der Waals surface area contributed by atoms with Gasteiger partial charge in [-0.1, -0.05) is 64.7 Å². The Morgan fingerprint density at radius 2 is 2.10 bits per heavy atom. The highest BCUT2D eigenvalue weighted by atomic mass is 14.6. The third kappa shape index (κ3) is 4.64. The molecule has 0 saturated carbocycles. The van der Waals surface area contributed by atoms with Crippen LogP contribution in [0.15, 0.2) is 59.3 Å². The van der Waals surface area contributed by atoms with Gasteiger partial charge >= 0.3 is 0 Å². The predicted molar refractivity (Wildman–Crippen MR) is 90.5 cm³/mol. The van der Waals surface area contributed by atoms with E-state index in [-0.39, 0.29) is 11.5 Å². The van der Waals surface area contributed by atoms with Gasteiger partial charge in [0.25, 0.3) is 0 Å². The molecule has 0 aliphatic heterocycles. The van der Waals surface area contributed by atoms with Crippen molar-refractivity contribution >= 4 is 0 Å². The highest BCUT2D eigenvalue weighted by Crippen LogP contribution is 2.31. The molecule has 110 valence electrons. The third-order valence-corrected chi connectivity index (χ3v) is 3.64. The fourth-order valence-electron chi connectivity index (χ4n) is 2.30. The SMILES string of the molecule is C=C(C1=CC=CC(N)C1)/C(C)=C\C(=C/CC)C(C)(C)C. The van der Waals surface area contributed by atoms with Crippen LogP contribution < -0.4 is 5.73 Å². The van der Waals surface area contributed by atoms with Gasteiger partial charge < -0.3 is 5.73 Å². The van der Waals surface area contributed by atoms with Crippen LogP contribution in [0, 0.1) is 5.41 Å². The van der Waals surface area contributed by atoms with Crippen molar-refractivity contribution < 1.29 is 0 Å². The largest absolute Gasteiger partial charge is 0.324 e.